The Bertz CT molecular complexity index is 961. The van der Waals surface area contributed by atoms with Crippen molar-refractivity contribution >= 4 is 38.3 Å². The molecule has 1 aliphatic rings. The minimum absolute atomic E-state index is 0.0521. The molecule has 0 radical (unpaired) electrons. The molecular formula is C21H23N3O2S. The summed E-state index contributed by atoms with van der Waals surface area (Å²) in [6.45, 7) is 3.73. The van der Waals surface area contributed by atoms with Crippen LogP contribution in [0.5, 0.6) is 5.75 Å². The summed E-state index contributed by atoms with van der Waals surface area (Å²) in [7, 11) is 1.68. The minimum atomic E-state index is 0.0521. The van der Waals surface area contributed by atoms with Crippen LogP contribution in [0.1, 0.15) is 18.4 Å². The topological polar surface area (TPSA) is 54.5 Å². The first-order valence-electron chi connectivity index (χ1n) is 9.19. The Balaban J connectivity index is 1.39. The molecule has 1 aliphatic heterocycles. The van der Waals surface area contributed by atoms with Gasteiger partial charge < -0.3 is 15.0 Å². The SMILES string of the molecule is COc1ccc2nc(N3CCC(C(=O)Nc4cccc(C)c4)CC3)sc2c1. The zero-order valence-corrected chi connectivity index (χ0v) is 16.4. The molecule has 2 heterocycles. The molecule has 1 N–H and O–H groups in total. The van der Waals surface area contributed by atoms with E-state index in [0.717, 1.165) is 58.3 Å². The van der Waals surface area contributed by atoms with Gasteiger partial charge in [-0.1, -0.05) is 23.5 Å². The number of nitrogens with zero attached hydrogens (tertiary/aromatic N) is 2. The molecule has 140 valence electrons. The van der Waals surface area contributed by atoms with Gasteiger partial charge in [-0.15, -0.1) is 0 Å². The number of amides is 1. The lowest BCUT2D eigenvalue weighted by Crippen LogP contribution is -2.38. The molecule has 6 heteroatoms. The van der Waals surface area contributed by atoms with Gasteiger partial charge in [0.1, 0.15) is 5.75 Å². The second kappa shape index (κ2) is 7.56. The van der Waals surface area contributed by atoms with E-state index in [4.69, 9.17) is 9.72 Å². The predicted molar refractivity (Wildman–Crippen MR) is 111 cm³/mol. The van der Waals surface area contributed by atoms with Gasteiger partial charge in [-0.05, 0) is 55.7 Å². The van der Waals surface area contributed by atoms with Crippen LogP contribution in [0.15, 0.2) is 42.5 Å². The maximum atomic E-state index is 12.6. The lowest BCUT2D eigenvalue weighted by Gasteiger charge is -2.31. The fourth-order valence-corrected chi connectivity index (χ4v) is 4.50. The highest BCUT2D eigenvalue weighted by Crippen LogP contribution is 2.33. The first-order valence-corrected chi connectivity index (χ1v) is 10.0. The van der Waals surface area contributed by atoms with Crippen LogP contribution >= 0.6 is 11.3 Å². The van der Waals surface area contributed by atoms with E-state index in [1.165, 1.54) is 0 Å². The summed E-state index contributed by atoms with van der Waals surface area (Å²) in [5, 5.41) is 4.08. The van der Waals surface area contributed by atoms with Crippen molar-refractivity contribution in [3.63, 3.8) is 0 Å². The number of rotatable bonds is 4. The van der Waals surface area contributed by atoms with Crippen LogP contribution in [0.4, 0.5) is 10.8 Å². The number of hydrogen-bond acceptors (Lipinski definition) is 5. The van der Waals surface area contributed by atoms with E-state index in [0.29, 0.717) is 0 Å². The monoisotopic (exact) mass is 381 g/mol. The van der Waals surface area contributed by atoms with Gasteiger partial charge in [0.25, 0.3) is 0 Å². The summed E-state index contributed by atoms with van der Waals surface area (Å²) in [5.41, 5.74) is 3.02. The normalized spacial score (nSPS) is 15.1. The van der Waals surface area contributed by atoms with E-state index in [1.807, 2.05) is 49.4 Å². The largest absolute Gasteiger partial charge is 0.497 e. The van der Waals surface area contributed by atoms with E-state index in [9.17, 15) is 4.79 Å². The first-order chi connectivity index (χ1) is 13.1. The number of aromatic nitrogens is 1. The van der Waals surface area contributed by atoms with Crippen LogP contribution in [-0.2, 0) is 4.79 Å². The number of fused-ring (bicyclic) bond motifs is 1. The van der Waals surface area contributed by atoms with Gasteiger partial charge in [0.2, 0.25) is 5.91 Å². The second-order valence-electron chi connectivity index (χ2n) is 6.95. The molecule has 5 nitrogen and oxygen atoms in total. The molecule has 1 fully saturated rings. The molecule has 4 rings (SSSR count). The molecule has 1 saturated heterocycles. The lowest BCUT2D eigenvalue weighted by atomic mass is 9.96. The highest BCUT2D eigenvalue weighted by atomic mass is 32.1. The van der Waals surface area contributed by atoms with Gasteiger partial charge in [-0.25, -0.2) is 4.98 Å². The van der Waals surface area contributed by atoms with Gasteiger partial charge in [-0.2, -0.15) is 0 Å². The fourth-order valence-electron chi connectivity index (χ4n) is 3.46. The van der Waals surface area contributed by atoms with Crippen molar-refractivity contribution in [1.82, 2.24) is 4.98 Å². The molecule has 3 aromatic rings. The van der Waals surface area contributed by atoms with Crippen molar-refractivity contribution < 1.29 is 9.53 Å². The summed E-state index contributed by atoms with van der Waals surface area (Å²) in [4.78, 5) is 19.6. The van der Waals surface area contributed by atoms with Crippen molar-refractivity contribution in [1.29, 1.82) is 0 Å². The Morgan fingerprint density at radius 2 is 2.04 bits per heavy atom. The number of benzene rings is 2. The molecule has 1 amide bonds. The van der Waals surface area contributed by atoms with E-state index < -0.39 is 0 Å². The molecule has 27 heavy (non-hydrogen) atoms. The quantitative estimate of drug-likeness (QED) is 0.724. The highest BCUT2D eigenvalue weighted by molar-refractivity contribution is 7.22. The molecule has 0 spiro atoms. The van der Waals surface area contributed by atoms with E-state index >= 15 is 0 Å². The summed E-state index contributed by atoms with van der Waals surface area (Å²) in [5.74, 6) is 1.02. The Kier molecular flexibility index (Phi) is 4.99. The van der Waals surface area contributed by atoms with Crippen LogP contribution in [0.25, 0.3) is 10.2 Å². The van der Waals surface area contributed by atoms with Gasteiger partial charge in [0, 0.05) is 24.7 Å². The van der Waals surface area contributed by atoms with Crippen LogP contribution in [0.3, 0.4) is 0 Å². The Labute approximate surface area is 163 Å². The van der Waals surface area contributed by atoms with Crippen molar-refractivity contribution in [3.8, 4) is 5.75 Å². The first kappa shape index (κ1) is 17.8. The zero-order valence-electron chi connectivity index (χ0n) is 15.6. The third-order valence-electron chi connectivity index (χ3n) is 5.01. The Morgan fingerprint density at radius 3 is 2.78 bits per heavy atom. The van der Waals surface area contributed by atoms with Crippen molar-refractivity contribution in [2.45, 2.75) is 19.8 Å². The average molecular weight is 382 g/mol. The van der Waals surface area contributed by atoms with E-state index in [2.05, 4.69) is 10.2 Å². The van der Waals surface area contributed by atoms with Crippen LogP contribution in [0, 0.1) is 12.8 Å². The maximum Gasteiger partial charge on any atom is 0.227 e. The number of carbonyl (C=O) groups excluding carboxylic acids is 1. The third kappa shape index (κ3) is 3.90. The van der Waals surface area contributed by atoms with Crippen LogP contribution in [0.2, 0.25) is 0 Å². The van der Waals surface area contributed by atoms with Gasteiger partial charge in [-0.3, -0.25) is 4.79 Å². The number of thiazole rings is 1. The number of anilines is 2. The minimum Gasteiger partial charge on any atom is -0.497 e. The molecule has 0 bridgehead atoms. The number of ether oxygens (including phenoxy) is 1. The lowest BCUT2D eigenvalue weighted by molar-refractivity contribution is -0.120. The molecule has 1 aromatic heterocycles. The summed E-state index contributed by atoms with van der Waals surface area (Å²) >= 11 is 1.68. The van der Waals surface area contributed by atoms with Gasteiger partial charge in [0.15, 0.2) is 5.13 Å². The fraction of sp³-hybridized carbons (Fsp3) is 0.333. The van der Waals surface area contributed by atoms with Crippen molar-refractivity contribution in [2.24, 2.45) is 5.92 Å². The number of carbonyl (C=O) groups is 1. The van der Waals surface area contributed by atoms with Gasteiger partial charge in [0.05, 0.1) is 17.3 Å². The Morgan fingerprint density at radius 1 is 1.22 bits per heavy atom. The number of aryl methyl sites for hydroxylation is 1. The molecule has 0 saturated carbocycles. The highest BCUT2D eigenvalue weighted by Gasteiger charge is 2.26. The number of nitrogens with one attached hydrogen (secondary N) is 1. The van der Waals surface area contributed by atoms with Crippen molar-refractivity contribution in [2.75, 3.05) is 30.4 Å². The Hall–Kier alpha value is -2.60. The number of hydrogen-bond donors (Lipinski definition) is 1. The molecule has 0 atom stereocenters. The number of piperidine rings is 1. The second-order valence-corrected chi connectivity index (χ2v) is 7.96. The molecular weight excluding hydrogens is 358 g/mol. The van der Waals surface area contributed by atoms with Gasteiger partial charge >= 0.3 is 0 Å². The molecule has 2 aromatic carbocycles. The summed E-state index contributed by atoms with van der Waals surface area (Å²) < 4.78 is 6.42. The van der Waals surface area contributed by atoms with Crippen molar-refractivity contribution in [3.05, 3.63) is 48.0 Å². The molecule has 0 unspecified atom stereocenters. The predicted octanol–water partition coefficient (Wildman–Crippen LogP) is 4.47. The average Bonchev–Trinajstić information content (AvgIpc) is 3.11. The van der Waals surface area contributed by atoms with Crippen LogP contribution in [-0.4, -0.2) is 31.1 Å². The third-order valence-corrected chi connectivity index (χ3v) is 6.09. The maximum absolute atomic E-state index is 12.6. The summed E-state index contributed by atoms with van der Waals surface area (Å²) in [6.07, 6.45) is 1.69. The molecule has 0 aliphatic carbocycles. The standard InChI is InChI=1S/C21H23N3O2S/c1-14-4-3-5-16(12-14)22-20(25)15-8-10-24(11-9-15)21-23-18-7-6-17(26-2)13-19(18)27-21/h3-7,12-13,15H,8-11H2,1-2H3,(H,22,25). The van der Waals surface area contributed by atoms with E-state index in [-0.39, 0.29) is 11.8 Å². The summed E-state index contributed by atoms with van der Waals surface area (Å²) in [6, 6.07) is 13.9. The van der Waals surface area contributed by atoms with E-state index in [1.54, 1.807) is 18.4 Å². The van der Waals surface area contributed by atoms with Crippen LogP contribution < -0.4 is 15.0 Å². The smallest absolute Gasteiger partial charge is 0.227 e. The zero-order chi connectivity index (χ0) is 18.8. The number of methoxy groups -OCH3 is 1.